The van der Waals surface area contributed by atoms with Gasteiger partial charge in [-0.15, -0.1) is 11.3 Å². The molecule has 3 rings (SSSR count). The fourth-order valence-electron chi connectivity index (χ4n) is 3.32. The number of carbonyl (C=O) groups is 1. The number of aryl methyl sites for hydroxylation is 1. The van der Waals surface area contributed by atoms with Crippen LogP contribution in [0.3, 0.4) is 0 Å². The first kappa shape index (κ1) is 22.2. The highest BCUT2D eigenvalue weighted by Crippen LogP contribution is 2.30. The summed E-state index contributed by atoms with van der Waals surface area (Å²) in [6.07, 6.45) is 0. The first-order chi connectivity index (χ1) is 13.8. The van der Waals surface area contributed by atoms with E-state index in [0.717, 1.165) is 10.6 Å². The average Bonchev–Trinajstić information content (AvgIpc) is 3.10. The molecule has 0 radical (unpaired) electrons. The van der Waals surface area contributed by atoms with E-state index in [-0.39, 0.29) is 5.91 Å². The SMILES string of the molecule is CCN(CC)S(=O)(=O)N1CCN(C(=O)c2sc(-c3cccc(Cl)c3)nc2C)CC1. The molecule has 2 heterocycles. The van der Waals surface area contributed by atoms with E-state index in [9.17, 15) is 13.2 Å². The fourth-order valence-corrected chi connectivity index (χ4v) is 6.14. The lowest BCUT2D eigenvalue weighted by atomic mass is 10.2. The molecule has 0 bridgehead atoms. The summed E-state index contributed by atoms with van der Waals surface area (Å²) in [6, 6.07) is 7.38. The Kier molecular flexibility index (Phi) is 6.95. The van der Waals surface area contributed by atoms with Crippen molar-refractivity contribution >= 4 is 39.1 Å². The number of hydrogen-bond donors (Lipinski definition) is 0. The smallest absolute Gasteiger partial charge is 0.282 e. The summed E-state index contributed by atoms with van der Waals surface area (Å²) in [4.78, 5) is 19.9. The summed E-state index contributed by atoms with van der Waals surface area (Å²) in [5.41, 5.74) is 1.55. The second kappa shape index (κ2) is 9.09. The minimum absolute atomic E-state index is 0.104. The molecular weight excluding hydrogens is 432 g/mol. The van der Waals surface area contributed by atoms with Crippen molar-refractivity contribution in [1.82, 2.24) is 18.5 Å². The van der Waals surface area contributed by atoms with Crippen LogP contribution in [-0.4, -0.2) is 72.1 Å². The highest BCUT2D eigenvalue weighted by Gasteiger charge is 2.33. The van der Waals surface area contributed by atoms with Gasteiger partial charge >= 0.3 is 0 Å². The number of amides is 1. The van der Waals surface area contributed by atoms with Crippen LogP contribution in [0.1, 0.15) is 29.2 Å². The van der Waals surface area contributed by atoms with Gasteiger partial charge in [0.1, 0.15) is 9.88 Å². The molecule has 2 aromatic rings. The van der Waals surface area contributed by atoms with E-state index in [2.05, 4.69) is 4.98 Å². The van der Waals surface area contributed by atoms with E-state index in [1.165, 1.54) is 19.9 Å². The number of aromatic nitrogens is 1. The van der Waals surface area contributed by atoms with Gasteiger partial charge in [0.2, 0.25) is 0 Å². The molecular formula is C19H25ClN4O3S2. The molecule has 0 unspecified atom stereocenters. The van der Waals surface area contributed by atoms with Crippen molar-refractivity contribution in [3.63, 3.8) is 0 Å². The van der Waals surface area contributed by atoms with Crippen LogP contribution in [0.4, 0.5) is 0 Å². The molecule has 1 aromatic heterocycles. The normalized spacial score (nSPS) is 15.8. The first-order valence-electron chi connectivity index (χ1n) is 9.55. The van der Waals surface area contributed by atoms with Gasteiger partial charge in [-0.3, -0.25) is 4.79 Å². The van der Waals surface area contributed by atoms with E-state index in [1.807, 2.05) is 39.0 Å². The summed E-state index contributed by atoms with van der Waals surface area (Å²) in [7, 11) is -3.48. The predicted molar refractivity (Wildman–Crippen MR) is 117 cm³/mol. The van der Waals surface area contributed by atoms with Gasteiger partial charge in [0.05, 0.1) is 5.69 Å². The van der Waals surface area contributed by atoms with Gasteiger partial charge in [-0.2, -0.15) is 17.0 Å². The van der Waals surface area contributed by atoms with Gasteiger partial charge < -0.3 is 4.90 Å². The number of carbonyl (C=O) groups excluding carboxylic acids is 1. The van der Waals surface area contributed by atoms with E-state index < -0.39 is 10.2 Å². The third-order valence-electron chi connectivity index (χ3n) is 4.95. The van der Waals surface area contributed by atoms with Crippen LogP contribution in [-0.2, 0) is 10.2 Å². The maximum absolute atomic E-state index is 13.0. The molecule has 1 amide bonds. The molecule has 1 aromatic carbocycles. The lowest BCUT2D eigenvalue weighted by molar-refractivity contribution is 0.0698. The summed E-state index contributed by atoms with van der Waals surface area (Å²) in [5, 5.41) is 1.37. The van der Waals surface area contributed by atoms with Crippen molar-refractivity contribution in [2.45, 2.75) is 20.8 Å². The molecule has 1 fully saturated rings. The van der Waals surface area contributed by atoms with Gasteiger partial charge in [0, 0.05) is 49.9 Å². The zero-order valence-electron chi connectivity index (χ0n) is 16.8. The first-order valence-corrected chi connectivity index (χ1v) is 12.1. The van der Waals surface area contributed by atoms with E-state index in [1.54, 1.807) is 11.0 Å². The van der Waals surface area contributed by atoms with Crippen LogP contribution in [0.5, 0.6) is 0 Å². The predicted octanol–water partition coefficient (Wildman–Crippen LogP) is 3.12. The second-order valence-corrected chi connectivity index (χ2v) is 10.1. The van der Waals surface area contributed by atoms with E-state index in [4.69, 9.17) is 11.6 Å². The molecule has 158 valence electrons. The molecule has 10 heteroatoms. The van der Waals surface area contributed by atoms with Gasteiger partial charge in [-0.1, -0.05) is 37.6 Å². The van der Waals surface area contributed by atoms with Crippen molar-refractivity contribution in [3.05, 3.63) is 39.9 Å². The highest BCUT2D eigenvalue weighted by atomic mass is 35.5. The summed E-state index contributed by atoms with van der Waals surface area (Å²) in [5.74, 6) is -0.104. The minimum atomic E-state index is -3.48. The standard InChI is InChI=1S/C19H25ClN4O3S2/c1-4-23(5-2)29(26,27)24-11-9-22(10-12-24)19(25)17-14(3)21-18(28-17)15-7-6-8-16(20)13-15/h6-8,13H,4-5,9-12H2,1-3H3. The zero-order chi connectivity index (χ0) is 21.2. The van der Waals surface area contributed by atoms with Crippen molar-refractivity contribution in [3.8, 4) is 10.6 Å². The molecule has 29 heavy (non-hydrogen) atoms. The van der Waals surface area contributed by atoms with Crippen molar-refractivity contribution in [1.29, 1.82) is 0 Å². The van der Waals surface area contributed by atoms with Crippen LogP contribution in [0, 0.1) is 6.92 Å². The number of piperazine rings is 1. The summed E-state index contributed by atoms with van der Waals surface area (Å²) >= 11 is 7.40. The molecule has 0 saturated carbocycles. The van der Waals surface area contributed by atoms with Crippen LogP contribution in [0.15, 0.2) is 24.3 Å². The van der Waals surface area contributed by atoms with Crippen molar-refractivity contribution < 1.29 is 13.2 Å². The zero-order valence-corrected chi connectivity index (χ0v) is 19.1. The molecule has 0 N–H and O–H groups in total. The Morgan fingerprint density at radius 2 is 1.86 bits per heavy atom. The van der Waals surface area contributed by atoms with Crippen LogP contribution in [0.2, 0.25) is 5.02 Å². The van der Waals surface area contributed by atoms with E-state index >= 15 is 0 Å². The maximum atomic E-state index is 13.0. The Hall–Kier alpha value is -1.52. The molecule has 1 saturated heterocycles. The third kappa shape index (κ3) is 4.64. The van der Waals surface area contributed by atoms with Crippen LogP contribution in [0.25, 0.3) is 10.6 Å². The minimum Gasteiger partial charge on any atom is -0.335 e. The number of thiazole rings is 1. The Labute approximate surface area is 181 Å². The summed E-state index contributed by atoms with van der Waals surface area (Å²) < 4.78 is 28.2. The number of rotatable bonds is 6. The Balaban J connectivity index is 1.72. The average molecular weight is 457 g/mol. The lowest BCUT2D eigenvalue weighted by Crippen LogP contribution is -2.54. The highest BCUT2D eigenvalue weighted by molar-refractivity contribution is 7.86. The Morgan fingerprint density at radius 3 is 2.45 bits per heavy atom. The lowest BCUT2D eigenvalue weighted by Gasteiger charge is -2.36. The molecule has 0 atom stereocenters. The molecule has 1 aliphatic rings. The van der Waals surface area contributed by atoms with Crippen molar-refractivity contribution in [2.75, 3.05) is 39.3 Å². The molecule has 0 spiro atoms. The number of halogens is 1. The Morgan fingerprint density at radius 1 is 1.21 bits per heavy atom. The molecule has 0 aliphatic carbocycles. The quantitative estimate of drug-likeness (QED) is 0.669. The maximum Gasteiger partial charge on any atom is 0.282 e. The van der Waals surface area contributed by atoms with Crippen LogP contribution < -0.4 is 0 Å². The largest absolute Gasteiger partial charge is 0.335 e. The van der Waals surface area contributed by atoms with Crippen molar-refractivity contribution in [2.24, 2.45) is 0 Å². The van der Waals surface area contributed by atoms with Crippen LogP contribution >= 0.6 is 22.9 Å². The number of benzene rings is 1. The van der Waals surface area contributed by atoms with Gasteiger partial charge in [0.25, 0.3) is 16.1 Å². The molecule has 1 aliphatic heterocycles. The number of hydrogen-bond acceptors (Lipinski definition) is 5. The fraction of sp³-hybridized carbons (Fsp3) is 0.474. The topological polar surface area (TPSA) is 73.8 Å². The van der Waals surface area contributed by atoms with Gasteiger partial charge in [-0.05, 0) is 19.1 Å². The number of nitrogens with zero attached hydrogens (tertiary/aromatic N) is 4. The van der Waals surface area contributed by atoms with E-state index in [0.29, 0.717) is 54.9 Å². The van der Waals surface area contributed by atoms with Gasteiger partial charge in [-0.25, -0.2) is 4.98 Å². The molecule has 7 nitrogen and oxygen atoms in total. The third-order valence-corrected chi connectivity index (χ3v) is 8.56. The summed E-state index contributed by atoms with van der Waals surface area (Å²) in [6.45, 7) is 7.66. The van der Waals surface area contributed by atoms with Gasteiger partial charge in [0.15, 0.2) is 0 Å². The monoisotopic (exact) mass is 456 g/mol. The Bertz CT molecular complexity index is 981. The second-order valence-electron chi connectivity index (χ2n) is 6.73.